The fraction of sp³-hybridized carbons (Fsp3) is 0.421. The Morgan fingerprint density at radius 3 is 2.54 bits per heavy atom. The van der Waals surface area contributed by atoms with E-state index in [2.05, 4.69) is 4.98 Å². The lowest BCUT2D eigenvalue weighted by atomic mass is 10.2. The molecule has 1 heterocycles. The highest BCUT2D eigenvalue weighted by Crippen LogP contribution is 2.30. The summed E-state index contributed by atoms with van der Waals surface area (Å²) in [6.07, 6.45) is 2.10. The zero-order valence-corrected chi connectivity index (χ0v) is 15.9. The lowest BCUT2D eigenvalue weighted by Crippen LogP contribution is -2.37. The maximum Gasteiger partial charge on any atom is 0.404 e. The molecule has 0 saturated heterocycles. The Hall–Kier alpha value is -2.29. The Kier molecular flexibility index (Phi) is 6.12. The molecule has 0 unspecified atom stereocenters. The average Bonchev–Trinajstić information content (AvgIpc) is 3.11. The zero-order chi connectivity index (χ0) is 20.2. The summed E-state index contributed by atoms with van der Waals surface area (Å²) < 4.78 is 70.4. The molecule has 0 radical (unpaired) electrons. The Balaban J connectivity index is 1.91. The van der Waals surface area contributed by atoms with E-state index in [1.54, 1.807) is 24.3 Å². The summed E-state index contributed by atoms with van der Waals surface area (Å²) in [6, 6.07) is 9.42. The van der Waals surface area contributed by atoms with Gasteiger partial charge >= 0.3 is 6.18 Å². The summed E-state index contributed by atoms with van der Waals surface area (Å²) >= 11 is 0. The number of sulfonamides is 1. The molecule has 3 rings (SSSR count). The van der Waals surface area contributed by atoms with E-state index >= 15 is 0 Å². The van der Waals surface area contributed by atoms with Crippen LogP contribution in [0.4, 0.5) is 18.9 Å². The Labute approximate surface area is 162 Å². The van der Waals surface area contributed by atoms with Gasteiger partial charge in [-0.05, 0) is 49.4 Å². The number of halogens is 3. The van der Waals surface area contributed by atoms with Crippen molar-refractivity contribution in [3.63, 3.8) is 0 Å². The maximum absolute atomic E-state index is 12.9. The highest BCUT2D eigenvalue weighted by atomic mass is 32.2. The third-order valence-electron chi connectivity index (χ3n) is 4.44. The van der Waals surface area contributed by atoms with Crippen LogP contribution in [0.25, 0.3) is 0 Å². The van der Waals surface area contributed by atoms with Crippen molar-refractivity contribution in [2.45, 2.75) is 44.5 Å². The first-order valence-corrected chi connectivity index (χ1v) is 10.6. The number of alkyl halides is 3. The molecule has 0 atom stereocenters. The number of hydrogen-bond acceptors (Lipinski definition) is 4. The number of anilines is 1. The lowest BCUT2D eigenvalue weighted by molar-refractivity contribution is -0.106. The molecule has 1 fully saturated rings. The number of benzene rings is 1. The summed E-state index contributed by atoms with van der Waals surface area (Å²) in [4.78, 5) is 3.91. The first kappa shape index (κ1) is 20.4. The molecule has 2 aromatic rings. The molecule has 0 N–H and O–H groups in total. The lowest BCUT2D eigenvalue weighted by Gasteiger charge is -2.26. The second-order valence-electron chi connectivity index (χ2n) is 6.76. The highest BCUT2D eigenvalue weighted by Gasteiger charge is 2.38. The SMILES string of the molecule is O=S(=O)(CC(F)(F)F)N(Cc1cccnc1)c1cccc(OC2CCCC2)c1. The second-order valence-corrected chi connectivity index (χ2v) is 8.65. The quantitative estimate of drug-likeness (QED) is 0.678. The van der Waals surface area contributed by atoms with Crippen molar-refractivity contribution in [1.29, 1.82) is 0 Å². The molecule has 28 heavy (non-hydrogen) atoms. The maximum atomic E-state index is 12.9. The van der Waals surface area contributed by atoms with Gasteiger partial charge in [-0.2, -0.15) is 13.2 Å². The first-order chi connectivity index (χ1) is 13.2. The largest absolute Gasteiger partial charge is 0.490 e. The molecule has 0 amide bonds. The van der Waals surface area contributed by atoms with Crippen LogP contribution in [0, 0.1) is 0 Å². The predicted molar refractivity (Wildman–Crippen MR) is 99.6 cm³/mol. The molecule has 5 nitrogen and oxygen atoms in total. The van der Waals surface area contributed by atoms with E-state index in [9.17, 15) is 21.6 Å². The van der Waals surface area contributed by atoms with Gasteiger partial charge in [-0.1, -0.05) is 12.1 Å². The van der Waals surface area contributed by atoms with Gasteiger partial charge in [0.25, 0.3) is 0 Å². The van der Waals surface area contributed by atoms with Crippen molar-refractivity contribution >= 4 is 15.7 Å². The van der Waals surface area contributed by atoms with Crippen LogP contribution in [0.5, 0.6) is 5.75 Å². The van der Waals surface area contributed by atoms with Crippen LogP contribution in [0.1, 0.15) is 31.2 Å². The number of rotatable bonds is 7. The molecular weight excluding hydrogens is 393 g/mol. The molecule has 1 aromatic heterocycles. The molecule has 1 saturated carbocycles. The average molecular weight is 414 g/mol. The van der Waals surface area contributed by atoms with Crippen LogP contribution in [-0.2, 0) is 16.6 Å². The van der Waals surface area contributed by atoms with E-state index in [1.807, 2.05) is 0 Å². The molecule has 1 aliphatic carbocycles. The molecule has 0 bridgehead atoms. The van der Waals surface area contributed by atoms with Crippen LogP contribution in [-0.4, -0.2) is 31.4 Å². The Morgan fingerprint density at radius 1 is 1.14 bits per heavy atom. The van der Waals surface area contributed by atoms with Gasteiger partial charge in [-0.25, -0.2) is 8.42 Å². The number of pyridine rings is 1. The fourth-order valence-corrected chi connectivity index (χ4v) is 4.55. The van der Waals surface area contributed by atoms with Gasteiger partial charge in [0.1, 0.15) is 5.75 Å². The highest BCUT2D eigenvalue weighted by molar-refractivity contribution is 7.92. The monoisotopic (exact) mass is 414 g/mol. The third kappa shape index (κ3) is 5.60. The normalized spacial score (nSPS) is 15.5. The van der Waals surface area contributed by atoms with Crippen molar-refractivity contribution in [2.75, 3.05) is 10.1 Å². The molecule has 0 spiro atoms. The Bertz CT molecular complexity index is 883. The van der Waals surface area contributed by atoms with E-state index in [-0.39, 0.29) is 18.3 Å². The third-order valence-corrected chi connectivity index (χ3v) is 6.14. The summed E-state index contributed by atoms with van der Waals surface area (Å²) in [5.74, 6) is -1.49. The summed E-state index contributed by atoms with van der Waals surface area (Å²) in [6.45, 7) is -0.251. The van der Waals surface area contributed by atoms with Gasteiger partial charge in [-0.3, -0.25) is 9.29 Å². The van der Waals surface area contributed by atoms with E-state index in [0.29, 0.717) is 11.3 Å². The predicted octanol–water partition coefficient (Wildman–Crippen LogP) is 4.30. The minimum atomic E-state index is -4.84. The summed E-state index contributed by atoms with van der Waals surface area (Å²) in [7, 11) is -4.65. The first-order valence-electron chi connectivity index (χ1n) is 8.96. The van der Waals surface area contributed by atoms with E-state index in [1.165, 1.54) is 24.5 Å². The standard InChI is InChI=1S/C19H21F3N2O3S/c20-19(21,22)14-28(25,26)24(13-15-5-4-10-23-12-15)16-6-3-9-18(11-16)27-17-7-1-2-8-17/h3-6,9-12,17H,1-2,7-8,13-14H2. The molecule has 152 valence electrons. The van der Waals surface area contributed by atoms with Crippen LogP contribution >= 0.6 is 0 Å². The van der Waals surface area contributed by atoms with Gasteiger partial charge < -0.3 is 4.74 Å². The summed E-state index contributed by atoms with van der Waals surface area (Å²) in [5.41, 5.74) is 0.610. The smallest absolute Gasteiger partial charge is 0.404 e. The minimum Gasteiger partial charge on any atom is -0.490 e. The van der Waals surface area contributed by atoms with Gasteiger partial charge in [0, 0.05) is 18.5 Å². The van der Waals surface area contributed by atoms with E-state index < -0.39 is 22.0 Å². The molecule has 0 aliphatic heterocycles. The fourth-order valence-electron chi connectivity index (χ4n) is 3.20. The van der Waals surface area contributed by atoms with Gasteiger partial charge in [-0.15, -0.1) is 0 Å². The van der Waals surface area contributed by atoms with Crippen LogP contribution in [0.15, 0.2) is 48.8 Å². The minimum absolute atomic E-state index is 0.0498. The second kappa shape index (κ2) is 8.38. The van der Waals surface area contributed by atoms with Gasteiger partial charge in [0.2, 0.25) is 10.0 Å². The number of ether oxygens (including phenoxy) is 1. The Morgan fingerprint density at radius 2 is 1.89 bits per heavy atom. The van der Waals surface area contributed by atoms with Crippen molar-refractivity contribution < 1.29 is 26.3 Å². The van der Waals surface area contributed by atoms with Crippen LogP contribution < -0.4 is 9.04 Å². The van der Waals surface area contributed by atoms with Gasteiger partial charge in [0.15, 0.2) is 5.75 Å². The van der Waals surface area contributed by atoms with E-state index in [4.69, 9.17) is 4.74 Å². The van der Waals surface area contributed by atoms with E-state index in [0.717, 1.165) is 30.0 Å². The number of nitrogens with zero attached hydrogens (tertiary/aromatic N) is 2. The number of hydrogen-bond donors (Lipinski definition) is 0. The van der Waals surface area contributed by atoms with Gasteiger partial charge in [0.05, 0.1) is 18.3 Å². The topological polar surface area (TPSA) is 59.5 Å². The van der Waals surface area contributed by atoms with Crippen LogP contribution in [0.3, 0.4) is 0 Å². The number of aromatic nitrogens is 1. The molecule has 9 heteroatoms. The molecular formula is C19H21F3N2O3S. The molecule has 1 aliphatic rings. The van der Waals surface area contributed by atoms with Crippen LogP contribution in [0.2, 0.25) is 0 Å². The summed E-state index contributed by atoms with van der Waals surface area (Å²) in [5, 5.41) is 0. The van der Waals surface area contributed by atoms with Crippen molar-refractivity contribution in [1.82, 2.24) is 4.98 Å². The van der Waals surface area contributed by atoms with Crippen molar-refractivity contribution in [3.8, 4) is 5.75 Å². The zero-order valence-electron chi connectivity index (χ0n) is 15.1. The molecule has 1 aromatic carbocycles. The van der Waals surface area contributed by atoms with Crippen molar-refractivity contribution in [3.05, 3.63) is 54.4 Å². The van der Waals surface area contributed by atoms with Crippen molar-refractivity contribution in [2.24, 2.45) is 0 Å².